The van der Waals surface area contributed by atoms with Gasteiger partial charge in [-0.3, -0.25) is 4.79 Å². The third kappa shape index (κ3) is 9.24. The average Bonchev–Trinajstić information content (AvgIpc) is 2.80. The van der Waals surface area contributed by atoms with Gasteiger partial charge in [0.05, 0.1) is 42.0 Å². The predicted molar refractivity (Wildman–Crippen MR) is 130 cm³/mol. The number of rotatable bonds is 17. The first kappa shape index (κ1) is 32.4. The highest BCUT2D eigenvalue weighted by Crippen LogP contribution is 2.38. The zero-order valence-corrected chi connectivity index (χ0v) is 23.7. The third-order valence-electron chi connectivity index (χ3n) is 5.23. The molecule has 11 heteroatoms. The van der Waals surface area contributed by atoms with Crippen molar-refractivity contribution in [1.29, 1.82) is 0 Å². The van der Waals surface area contributed by atoms with Crippen LogP contribution in [0.1, 0.15) is 44.0 Å². The van der Waals surface area contributed by atoms with Crippen molar-refractivity contribution in [2.45, 2.75) is 39.2 Å². The smallest absolute Gasteiger partial charge is 0.504 e. The normalized spacial score (nSPS) is 12.1. The number of ether oxygens (including phenoxy) is 3. The molecule has 1 unspecified atom stereocenters. The largest absolute Gasteiger partial charge is 1.00 e. The van der Waals surface area contributed by atoms with Gasteiger partial charge in [-0.2, -0.15) is 0 Å². The Balaban J connectivity index is 0.0000109. The Morgan fingerprint density at radius 1 is 0.912 bits per heavy atom. The van der Waals surface area contributed by atoms with Gasteiger partial charge in [0.2, 0.25) is 5.75 Å². The van der Waals surface area contributed by atoms with Gasteiger partial charge in [0.15, 0.2) is 11.5 Å². The number of quaternary nitrogens is 1. The summed E-state index contributed by atoms with van der Waals surface area (Å²) in [6.07, 6.45) is 1.57. The summed E-state index contributed by atoms with van der Waals surface area (Å²) >= 11 is 0. The molecule has 198 valence electrons. The van der Waals surface area contributed by atoms with E-state index in [0.29, 0.717) is 55.6 Å². The van der Waals surface area contributed by atoms with Crippen molar-refractivity contribution in [2.75, 3.05) is 68.3 Å². The quantitative estimate of drug-likeness (QED) is 0.248. The highest BCUT2D eigenvalue weighted by molar-refractivity contribution is 6.62. The van der Waals surface area contributed by atoms with Crippen LogP contribution >= 0.6 is 0 Å². The van der Waals surface area contributed by atoms with E-state index >= 15 is 0 Å². The molecule has 1 amide bonds. The lowest BCUT2D eigenvalue weighted by molar-refractivity contribution is -0.858. The average molecular weight is 523 g/mol. The molecular weight excluding hydrogens is 480 g/mol. The minimum Gasteiger partial charge on any atom is -1.00 e. The lowest BCUT2D eigenvalue weighted by Crippen LogP contribution is -3.05. The van der Waals surface area contributed by atoms with Crippen LogP contribution in [0.5, 0.6) is 17.2 Å². The monoisotopic (exact) mass is 522 g/mol. The fraction of sp³-hybridized carbons (Fsp3) is 0.696. The predicted octanol–water partition coefficient (Wildman–Crippen LogP) is -1.21. The van der Waals surface area contributed by atoms with E-state index in [-0.39, 0.29) is 23.9 Å². The molecule has 1 aromatic carbocycles. The van der Waals surface area contributed by atoms with Gasteiger partial charge >= 0.3 is 8.80 Å². The molecule has 0 spiro atoms. The van der Waals surface area contributed by atoms with Crippen molar-refractivity contribution in [1.82, 2.24) is 5.32 Å². The van der Waals surface area contributed by atoms with Gasteiger partial charge in [0, 0.05) is 43.9 Å². The minimum atomic E-state index is -2.91. The van der Waals surface area contributed by atoms with Crippen LogP contribution < -0.4 is 36.8 Å². The van der Waals surface area contributed by atoms with Crippen LogP contribution in [0.25, 0.3) is 0 Å². The molecule has 0 fully saturated rings. The summed E-state index contributed by atoms with van der Waals surface area (Å²) in [5, 5.41) is 3.01. The van der Waals surface area contributed by atoms with Crippen LogP contribution in [-0.4, -0.2) is 83.0 Å². The number of hydrogen-bond acceptors (Lipinski definition) is 7. The molecular formula is C23H43ClN2O7Si. The minimum absolute atomic E-state index is 0. The summed E-state index contributed by atoms with van der Waals surface area (Å²) in [4.78, 5) is 14.2. The topological polar surface area (TPSA) is 88.9 Å². The molecule has 0 aromatic heterocycles. The van der Waals surface area contributed by atoms with Gasteiger partial charge in [-0.25, -0.2) is 0 Å². The van der Waals surface area contributed by atoms with E-state index < -0.39 is 8.80 Å². The van der Waals surface area contributed by atoms with Gasteiger partial charge in [-0.15, -0.1) is 0 Å². The molecule has 1 rings (SSSR count). The maximum Gasteiger partial charge on any atom is 0.504 e. The van der Waals surface area contributed by atoms with Crippen molar-refractivity contribution in [3.63, 3.8) is 0 Å². The second kappa shape index (κ2) is 17.0. The van der Waals surface area contributed by atoms with E-state index in [1.165, 1.54) is 26.2 Å². The van der Waals surface area contributed by atoms with E-state index in [2.05, 4.69) is 19.4 Å². The first-order valence-electron chi connectivity index (χ1n) is 11.6. The Labute approximate surface area is 212 Å². The number of halogens is 1. The lowest BCUT2D eigenvalue weighted by Gasteiger charge is -2.35. The maximum atomic E-state index is 12.9. The van der Waals surface area contributed by atoms with Crippen LogP contribution in [0.3, 0.4) is 0 Å². The fourth-order valence-corrected chi connectivity index (χ4v) is 6.88. The maximum absolute atomic E-state index is 12.9. The summed E-state index contributed by atoms with van der Waals surface area (Å²) in [7, 11) is 5.91. The second-order valence-corrected chi connectivity index (χ2v) is 10.7. The van der Waals surface area contributed by atoms with Crippen molar-refractivity contribution in [2.24, 2.45) is 0 Å². The van der Waals surface area contributed by atoms with Crippen molar-refractivity contribution in [3.05, 3.63) is 17.7 Å². The SMILES string of the molecule is CCO[Si](OCC)(OCC)C(CCNC(=O)c1cc(OC)c(OC)c(OC)c1)CC[NH+](C)C.[Cl-]. The number of amides is 1. The van der Waals surface area contributed by atoms with E-state index in [9.17, 15) is 4.79 Å². The fourth-order valence-electron chi connectivity index (χ4n) is 3.72. The zero-order chi connectivity index (χ0) is 24.9. The number of methoxy groups -OCH3 is 3. The Bertz CT molecular complexity index is 683. The molecule has 1 atom stereocenters. The molecule has 0 saturated carbocycles. The highest BCUT2D eigenvalue weighted by atomic mass is 35.5. The number of carbonyl (C=O) groups is 1. The van der Waals surface area contributed by atoms with Crippen LogP contribution in [0.2, 0.25) is 5.54 Å². The number of hydrogen-bond donors (Lipinski definition) is 2. The van der Waals surface area contributed by atoms with Crippen LogP contribution in [0.4, 0.5) is 0 Å². The highest BCUT2D eigenvalue weighted by Gasteiger charge is 2.48. The zero-order valence-electron chi connectivity index (χ0n) is 21.9. The summed E-state index contributed by atoms with van der Waals surface area (Å²) < 4.78 is 34.5. The molecule has 0 heterocycles. The third-order valence-corrected chi connectivity index (χ3v) is 8.89. The number of carbonyl (C=O) groups excluding carboxylic acids is 1. The van der Waals surface area contributed by atoms with Crippen LogP contribution in [0.15, 0.2) is 12.1 Å². The second-order valence-electron chi connectivity index (χ2n) is 7.80. The molecule has 1 aromatic rings. The molecule has 0 radical (unpaired) electrons. The van der Waals surface area contributed by atoms with Crippen LogP contribution in [0, 0.1) is 0 Å². The van der Waals surface area contributed by atoms with Crippen LogP contribution in [-0.2, 0) is 13.3 Å². The van der Waals surface area contributed by atoms with Gasteiger partial charge in [0.25, 0.3) is 5.91 Å². The van der Waals surface area contributed by atoms with Gasteiger partial charge < -0.3 is 50.1 Å². The van der Waals surface area contributed by atoms with E-state index in [0.717, 1.165) is 13.0 Å². The lowest BCUT2D eigenvalue weighted by atomic mass is 10.1. The Kier molecular flexibility index (Phi) is 16.2. The van der Waals surface area contributed by atoms with E-state index in [4.69, 9.17) is 27.5 Å². The van der Waals surface area contributed by atoms with Gasteiger partial charge in [-0.1, -0.05) is 0 Å². The molecule has 0 aliphatic rings. The molecule has 0 bridgehead atoms. The van der Waals surface area contributed by atoms with E-state index in [1.54, 1.807) is 12.1 Å². The Hall–Kier alpha value is -1.56. The van der Waals surface area contributed by atoms with Gasteiger partial charge in [-0.05, 0) is 39.3 Å². The first-order chi connectivity index (χ1) is 15.8. The molecule has 9 nitrogen and oxygen atoms in total. The van der Waals surface area contributed by atoms with Crippen molar-refractivity contribution < 1.29 is 49.6 Å². The van der Waals surface area contributed by atoms with E-state index in [1.807, 2.05) is 20.8 Å². The Morgan fingerprint density at radius 2 is 1.41 bits per heavy atom. The summed E-state index contributed by atoms with van der Waals surface area (Å²) in [6.45, 7) is 8.86. The number of nitrogens with one attached hydrogen (secondary N) is 2. The summed E-state index contributed by atoms with van der Waals surface area (Å²) in [6, 6.07) is 3.28. The van der Waals surface area contributed by atoms with Gasteiger partial charge in [0.1, 0.15) is 0 Å². The molecule has 34 heavy (non-hydrogen) atoms. The summed E-state index contributed by atoms with van der Waals surface area (Å²) in [5.41, 5.74) is 0.509. The molecule has 0 aliphatic heterocycles. The standard InChI is InChI=1S/C23H42N2O7Si.ClH/c1-9-30-33(31-10-2,32-11-3)19(13-15-25(4)5)12-14-24-23(26)18-16-20(27-6)22(29-8)21(17-18)28-7;/h16-17,19H,9-15H2,1-8H3,(H,24,26);1H. The molecule has 0 saturated heterocycles. The molecule has 0 aliphatic carbocycles. The van der Waals surface area contributed by atoms with Crippen molar-refractivity contribution >= 4 is 14.7 Å². The molecule has 2 N–H and O–H groups in total. The summed E-state index contributed by atoms with van der Waals surface area (Å²) in [5.74, 6) is 1.10. The van der Waals surface area contributed by atoms with Crippen molar-refractivity contribution in [3.8, 4) is 17.2 Å². The Morgan fingerprint density at radius 3 is 1.79 bits per heavy atom. The first-order valence-corrected chi connectivity index (χ1v) is 13.4. The number of benzene rings is 1.